The Morgan fingerprint density at radius 1 is 0.947 bits per heavy atom. The number of amidine groups is 1. The number of halogens is 2. The monoisotopic (exact) mass is 552 g/mol. The number of piperazine rings is 1. The van der Waals surface area contributed by atoms with Crippen LogP contribution in [0.4, 0.5) is 0 Å². The van der Waals surface area contributed by atoms with Crippen LogP contribution in [0.3, 0.4) is 0 Å². The molecule has 3 aromatic carbocycles. The van der Waals surface area contributed by atoms with Crippen LogP contribution < -0.4 is 14.8 Å². The summed E-state index contributed by atoms with van der Waals surface area (Å²) in [5.74, 6) is 1.32. The third kappa shape index (κ3) is 5.38. The number of carbonyl (C=O) groups excluding carboxylic acids is 1. The molecule has 1 fully saturated rings. The predicted molar refractivity (Wildman–Crippen MR) is 152 cm³/mol. The van der Waals surface area contributed by atoms with Gasteiger partial charge in [0.25, 0.3) is 5.91 Å². The van der Waals surface area contributed by atoms with Gasteiger partial charge in [0.15, 0.2) is 0 Å². The molecule has 1 amide bonds. The minimum Gasteiger partial charge on any atom is -0.495 e. The number of aliphatic imine (C=N–C) groups is 1. The summed E-state index contributed by atoms with van der Waals surface area (Å²) in [4.78, 5) is 22.4. The van der Waals surface area contributed by atoms with E-state index in [1.54, 1.807) is 20.3 Å². The molecule has 198 valence electrons. The molecule has 0 saturated carbocycles. The van der Waals surface area contributed by atoms with Crippen molar-refractivity contribution in [1.29, 1.82) is 0 Å². The highest BCUT2D eigenvalue weighted by atomic mass is 35.5. The highest BCUT2D eigenvalue weighted by Gasteiger charge is 2.23. The van der Waals surface area contributed by atoms with Crippen LogP contribution in [0.25, 0.3) is 11.1 Å². The van der Waals surface area contributed by atoms with E-state index in [0.717, 1.165) is 49.4 Å². The van der Waals surface area contributed by atoms with E-state index in [0.29, 0.717) is 45.1 Å². The lowest BCUT2D eigenvalue weighted by Crippen LogP contribution is -2.43. The van der Waals surface area contributed by atoms with Crippen molar-refractivity contribution in [2.75, 3.05) is 47.4 Å². The molecule has 2 heterocycles. The first kappa shape index (κ1) is 26.5. The van der Waals surface area contributed by atoms with Crippen molar-refractivity contribution in [3.63, 3.8) is 0 Å². The van der Waals surface area contributed by atoms with E-state index in [2.05, 4.69) is 27.2 Å². The summed E-state index contributed by atoms with van der Waals surface area (Å²) in [6.07, 6.45) is 0. The summed E-state index contributed by atoms with van der Waals surface area (Å²) in [6, 6.07) is 15.3. The Kier molecular flexibility index (Phi) is 7.91. The third-order valence-corrected chi connectivity index (χ3v) is 7.83. The molecule has 7 nitrogen and oxygen atoms in total. The van der Waals surface area contributed by atoms with E-state index in [1.165, 1.54) is 5.56 Å². The van der Waals surface area contributed by atoms with E-state index >= 15 is 0 Å². The number of carbonyl (C=O) groups is 1. The van der Waals surface area contributed by atoms with Gasteiger partial charge in [-0.05, 0) is 41.9 Å². The highest BCUT2D eigenvalue weighted by Crippen LogP contribution is 2.46. The Labute approximate surface area is 233 Å². The predicted octanol–water partition coefficient (Wildman–Crippen LogP) is 5.12. The first-order valence-electron chi connectivity index (χ1n) is 12.5. The Balaban J connectivity index is 1.29. The summed E-state index contributed by atoms with van der Waals surface area (Å²) in [5.41, 5.74) is 5.08. The summed E-state index contributed by atoms with van der Waals surface area (Å²) < 4.78 is 10.8. The Bertz CT molecular complexity index is 1360. The molecular formula is C29H30Cl2N4O3. The van der Waals surface area contributed by atoms with Crippen molar-refractivity contribution in [2.45, 2.75) is 13.1 Å². The molecule has 38 heavy (non-hydrogen) atoms. The van der Waals surface area contributed by atoms with Gasteiger partial charge in [0.2, 0.25) is 0 Å². The molecule has 0 unspecified atom stereocenters. The van der Waals surface area contributed by atoms with Crippen molar-refractivity contribution < 1.29 is 14.3 Å². The van der Waals surface area contributed by atoms with E-state index in [-0.39, 0.29) is 5.91 Å². The number of amides is 1. The maximum Gasteiger partial charge on any atom is 0.256 e. The lowest BCUT2D eigenvalue weighted by molar-refractivity contribution is 0.0977. The standard InChI is InChI=1S/C29H30Cl2N4O3/c1-34-10-12-35(13-11-34)17-18-4-6-19(7-5-18)29(36)33-28-22-9-8-20(14-21(22)16-32-28)25-26(30)23(37-2)15-24(38-3)27(25)31/h4-9,14-15H,10-13,16-17H2,1-3H3,(H,32,33,36). The van der Waals surface area contributed by atoms with Crippen LogP contribution in [0.5, 0.6) is 11.5 Å². The van der Waals surface area contributed by atoms with Crippen molar-refractivity contribution >= 4 is 34.9 Å². The van der Waals surface area contributed by atoms with Gasteiger partial charge in [-0.2, -0.15) is 0 Å². The number of rotatable bonds is 6. The normalized spacial score (nSPS) is 15.7. The van der Waals surface area contributed by atoms with Crippen molar-refractivity contribution in [3.8, 4) is 22.6 Å². The molecule has 2 aliphatic heterocycles. The van der Waals surface area contributed by atoms with Crippen molar-refractivity contribution in [1.82, 2.24) is 15.1 Å². The molecule has 9 heteroatoms. The number of likely N-dealkylation sites (N-methyl/N-ethyl adjacent to an activating group) is 1. The topological polar surface area (TPSA) is 66.4 Å². The van der Waals surface area contributed by atoms with Crippen molar-refractivity contribution in [3.05, 3.63) is 80.8 Å². The molecule has 5 rings (SSSR count). The van der Waals surface area contributed by atoms with Crippen molar-refractivity contribution in [2.24, 2.45) is 4.99 Å². The lowest BCUT2D eigenvalue weighted by Gasteiger charge is -2.32. The minimum absolute atomic E-state index is 0.185. The van der Waals surface area contributed by atoms with Gasteiger partial charge in [0.05, 0.1) is 30.8 Å². The van der Waals surface area contributed by atoms with Gasteiger partial charge < -0.3 is 19.7 Å². The molecule has 0 aromatic heterocycles. The number of ether oxygens (including phenoxy) is 2. The largest absolute Gasteiger partial charge is 0.495 e. The van der Waals surface area contributed by atoms with Gasteiger partial charge in [-0.3, -0.25) is 14.7 Å². The molecular weight excluding hydrogens is 523 g/mol. The molecule has 0 spiro atoms. The number of nitrogens with zero attached hydrogens (tertiary/aromatic N) is 3. The average molecular weight is 553 g/mol. The highest BCUT2D eigenvalue weighted by molar-refractivity contribution is 6.41. The number of nitrogens with one attached hydrogen (secondary N) is 1. The molecule has 2 aliphatic rings. The fourth-order valence-electron chi connectivity index (χ4n) is 4.81. The third-order valence-electron chi connectivity index (χ3n) is 7.08. The SMILES string of the molecule is COc1cc(OC)c(Cl)c(-c2ccc3c(c2)CN=C3NC(=O)c2ccc(CN3CCN(C)CC3)cc2)c1Cl. The second-order valence-corrected chi connectivity index (χ2v) is 10.3. The maximum absolute atomic E-state index is 13.0. The van der Waals surface area contributed by atoms with Crippen LogP contribution in [0.15, 0.2) is 53.5 Å². The molecule has 0 aliphatic carbocycles. The second kappa shape index (κ2) is 11.3. The summed E-state index contributed by atoms with van der Waals surface area (Å²) in [5, 5.41) is 3.79. The van der Waals surface area contributed by atoms with Gasteiger partial charge in [0.1, 0.15) is 17.3 Å². The van der Waals surface area contributed by atoms with E-state index in [4.69, 9.17) is 32.7 Å². The Morgan fingerprint density at radius 3 is 2.24 bits per heavy atom. The number of methoxy groups -OCH3 is 2. The molecule has 1 saturated heterocycles. The van der Waals surface area contributed by atoms with E-state index < -0.39 is 0 Å². The first-order chi connectivity index (χ1) is 18.4. The van der Waals surface area contributed by atoms with Crippen LogP contribution in [0.1, 0.15) is 27.0 Å². The molecule has 0 atom stereocenters. The number of benzene rings is 3. The van der Waals surface area contributed by atoms with Gasteiger partial charge in [-0.15, -0.1) is 0 Å². The molecule has 3 aromatic rings. The van der Waals surface area contributed by atoms with Crippen LogP contribution in [0, 0.1) is 0 Å². The second-order valence-electron chi connectivity index (χ2n) is 9.55. The smallest absolute Gasteiger partial charge is 0.256 e. The van der Waals surface area contributed by atoms with Gasteiger partial charge in [-0.25, -0.2) is 0 Å². The van der Waals surface area contributed by atoms with Crippen LogP contribution in [0.2, 0.25) is 10.0 Å². The maximum atomic E-state index is 13.0. The van der Waals surface area contributed by atoms with Crippen LogP contribution in [-0.2, 0) is 13.1 Å². The van der Waals surface area contributed by atoms with Gasteiger partial charge >= 0.3 is 0 Å². The zero-order valence-electron chi connectivity index (χ0n) is 21.7. The van der Waals surface area contributed by atoms with Gasteiger partial charge in [0, 0.05) is 55.5 Å². The van der Waals surface area contributed by atoms with E-state index in [9.17, 15) is 4.79 Å². The lowest BCUT2D eigenvalue weighted by atomic mass is 9.99. The zero-order chi connectivity index (χ0) is 26.8. The van der Waals surface area contributed by atoms with E-state index in [1.807, 2.05) is 42.5 Å². The fraction of sp³-hybridized carbons (Fsp3) is 0.310. The summed E-state index contributed by atoms with van der Waals surface area (Å²) in [6.45, 7) is 5.62. The number of hydrogen-bond acceptors (Lipinski definition) is 6. The Hall–Kier alpha value is -3.10. The summed E-state index contributed by atoms with van der Waals surface area (Å²) in [7, 11) is 5.25. The summed E-state index contributed by atoms with van der Waals surface area (Å²) >= 11 is 13.2. The minimum atomic E-state index is -0.185. The number of hydrogen-bond donors (Lipinski definition) is 1. The molecule has 0 bridgehead atoms. The fourth-order valence-corrected chi connectivity index (χ4v) is 5.53. The molecule has 1 N–H and O–H groups in total. The van der Waals surface area contributed by atoms with Crippen LogP contribution in [-0.4, -0.2) is 69.0 Å². The quantitative estimate of drug-likeness (QED) is 0.460. The molecule has 0 radical (unpaired) electrons. The Morgan fingerprint density at radius 2 is 1.61 bits per heavy atom. The average Bonchev–Trinajstić information content (AvgIpc) is 3.32. The van der Waals surface area contributed by atoms with Crippen LogP contribution >= 0.6 is 23.2 Å². The number of fused-ring (bicyclic) bond motifs is 1. The first-order valence-corrected chi connectivity index (χ1v) is 13.2. The zero-order valence-corrected chi connectivity index (χ0v) is 23.2. The van der Waals surface area contributed by atoms with Gasteiger partial charge in [-0.1, -0.05) is 47.5 Å².